The van der Waals surface area contributed by atoms with Gasteiger partial charge in [-0.15, -0.1) is 0 Å². The zero-order valence-corrected chi connectivity index (χ0v) is 9.81. The Hall–Kier alpha value is 0.416. The summed E-state index contributed by atoms with van der Waals surface area (Å²) >= 11 is 0. The maximum absolute atomic E-state index is 9.63. The summed E-state index contributed by atoms with van der Waals surface area (Å²) in [7, 11) is 0. The van der Waals surface area contributed by atoms with Crippen molar-refractivity contribution in [3.05, 3.63) is 0 Å². The molecular formula is C4H8KO8-. The molecule has 8 nitrogen and oxygen atoms in total. The molecule has 13 heavy (non-hydrogen) atoms. The van der Waals surface area contributed by atoms with E-state index >= 15 is 0 Å². The third-order valence-electron chi connectivity index (χ3n) is 0.782. The van der Waals surface area contributed by atoms with Crippen LogP contribution in [-0.4, -0.2) is 45.3 Å². The molecule has 6 N–H and O–H groups in total. The minimum absolute atomic E-state index is 0. The van der Waals surface area contributed by atoms with Gasteiger partial charge in [0.05, 0.1) is 11.9 Å². The van der Waals surface area contributed by atoms with Crippen LogP contribution in [0.2, 0.25) is 0 Å². The van der Waals surface area contributed by atoms with Crippen LogP contribution in [0.1, 0.15) is 0 Å². The third-order valence-corrected chi connectivity index (χ3v) is 0.782. The maximum atomic E-state index is 9.63. The van der Waals surface area contributed by atoms with Gasteiger partial charge in [-0.1, -0.05) is 0 Å². The first kappa shape index (κ1) is 23.3. The fourth-order valence-electron chi connectivity index (χ4n) is 0.258. The molecule has 0 aromatic heterocycles. The molecule has 2 unspecified atom stereocenters. The van der Waals surface area contributed by atoms with E-state index in [0.717, 1.165) is 0 Å². The largest absolute Gasteiger partial charge is 1.00 e. The quantitative estimate of drug-likeness (QED) is 0.447. The van der Waals surface area contributed by atoms with Gasteiger partial charge < -0.3 is 41.0 Å². The van der Waals surface area contributed by atoms with E-state index in [2.05, 4.69) is 0 Å². The summed E-state index contributed by atoms with van der Waals surface area (Å²) < 4.78 is 0. The van der Waals surface area contributed by atoms with Crippen molar-refractivity contribution in [3.63, 3.8) is 0 Å². The van der Waals surface area contributed by atoms with Crippen LogP contribution < -0.4 is 61.6 Å². The van der Waals surface area contributed by atoms with Crippen molar-refractivity contribution in [3.8, 4) is 0 Å². The van der Waals surface area contributed by atoms with Crippen molar-refractivity contribution < 1.29 is 92.4 Å². The Morgan fingerprint density at radius 2 is 1.08 bits per heavy atom. The minimum Gasteiger partial charge on any atom is -0.547 e. The molecule has 0 fully saturated rings. The van der Waals surface area contributed by atoms with E-state index < -0.39 is 24.1 Å². The molecule has 0 spiro atoms. The average Bonchev–Trinajstić information content (AvgIpc) is 1.84. The van der Waals surface area contributed by atoms with Gasteiger partial charge >= 0.3 is 51.4 Å². The monoisotopic (exact) mass is 223 g/mol. The number of hydrogen-bond donors (Lipinski definition) is 2. The van der Waals surface area contributed by atoms with E-state index in [9.17, 15) is 19.8 Å². The number of carbonyl (C=O) groups excluding carboxylic acids is 2. The van der Waals surface area contributed by atoms with E-state index in [0.29, 0.717) is 0 Å². The molecule has 0 bridgehead atoms. The molecule has 0 aromatic rings. The van der Waals surface area contributed by atoms with Gasteiger partial charge in [-0.25, -0.2) is 0 Å². The summed E-state index contributed by atoms with van der Waals surface area (Å²) in [4.78, 5) is 19.3. The van der Waals surface area contributed by atoms with Crippen LogP contribution >= 0.6 is 0 Å². The molecule has 0 aliphatic carbocycles. The number of carboxylic acids is 2. The Bertz CT molecular complexity index is 140. The van der Waals surface area contributed by atoms with Gasteiger partial charge in [0.25, 0.3) is 0 Å². The van der Waals surface area contributed by atoms with E-state index in [1.165, 1.54) is 0 Å². The number of carboxylic acid groups (broad SMARTS) is 2. The van der Waals surface area contributed by atoms with Crippen LogP contribution in [-0.2, 0) is 9.59 Å². The second-order valence-corrected chi connectivity index (χ2v) is 1.53. The Balaban J connectivity index is -0.000000135. The summed E-state index contributed by atoms with van der Waals surface area (Å²) in [6.07, 6.45) is -4.88. The van der Waals surface area contributed by atoms with Crippen molar-refractivity contribution in [2.24, 2.45) is 0 Å². The summed E-state index contributed by atoms with van der Waals surface area (Å²) in [5.74, 6) is -4.12. The maximum Gasteiger partial charge on any atom is 1.00 e. The van der Waals surface area contributed by atoms with Crippen molar-refractivity contribution in [2.45, 2.75) is 12.2 Å². The van der Waals surface area contributed by atoms with Crippen LogP contribution in [0.5, 0.6) is 0 Å². The van der Waals surface area contributed by atoms with Crippen molar-refractivity contribution in [1.82, 2.24) is 0 Å². The third kappa shape index (κ3) is 8.74. The van der Waals surface area contributed by atoms with Crippen molar-refractivity contribution in [2.75, 3.05) is 0 Å². The molecule has 74 valence electrons. The van der Waals surface area contributed by atoms with Crippen LogP contribution in [0.25, 0.3) is 0 Å². The molecule has 0 aliphatic rings. The standard InChI is InChI=1S/C4H6O6.K.2H2O/c5-1(3(7)8)2(6)4(9)10;;;/h1-2,5-6H,(H,7,8)(H,9,10);;2*1H2/q;+1;;/p-2. The van der Waals surface area contributed by atoms with Crippen molar-refractivity contribution in [1.29, 1.82) is 0 Å². The zero-order valence-electron chi connectivity index (χ0n) is 6.68. The molecule has 0 heterocycles. The predicted molar refractivity (Wildman–Crippen MR) is 29.3 cm³/mol. The molecule has 0 aliphatic heterocycles. The van der Waals surface area contributed by atoms with E-state index in [4.69, 9.17) is 10.2 Å². The Morgan fingerprint density at radius 1 is 0.923 bits per heavy atom. The van der Waals surface area contributed by atoms with Crippen molar-refractivity contribution >= 4 is 11.9 Å². The number of aliphatic carboxylic acids is 2. The van der Waals surface area contributed by atoms with E-state index in [1.54, 1.807) is 0 Å². The first-order valence-corrected chi connectivity index (χ1v) is 2.24. The smallest absolute Gasteiger partial charge is 0.547 e. The van der Waals surface area contributed by atoms with Gasteiger partial charge in [0.1, 0.15) is 12.2 Å². The topological polar surface area (TPSA) is 184 Å². The molecule has 0 aromatic carbocycles. The number of aliphatic hydroxyl groups excluding tert-OH is 2. The van der Waals surface area contributed by atoms with Gasteiger partial charge in [0, 0.05) is 0 Å². The van der Waals surface area contributed by atoms with Crippen LogP contribution in [0, 0.1) is 0 Å². The second-order valence-electron chi connectivity index (χ2n) is 1.53. The zero-order chi connectivity index (χ0) is 8.31. The molecule has 0 radical (unpaired) electrons. The van der Waals surface area contributed by atoms with Crippen LogP contribution in [0.15, 0.2) is 0 Å². The molecule has 0 amide bonds. The van der Waals surface area contributed by atoms with Gasteiger partial charge in [-0.3, -0.25) is 0 Å². The molecular weight excluding hydrogens is 215 g/mol. The van der Waals surface area contributed by atoms with E-state index in [-0.39, 0.29) is 62.3 Å². The normalized spacial score (nSPS) is 12.2. The predicted octanol–water partition coefficient (Wildman–Crippen LogP) is -9.44. The molecule has 9 heteroatoms. The summed E-state index contributed by atoms with van der Waals surface area (Å²) in [5.41, 5.74) is 0. The number of rotatable bonds is 3. The fourth-order valence-corrected chi connectivity index (χ4v) is 0.258. The number of hydrogen-bond acceptors (Lipinski definition) is 6. The first-order valence-electron chi connectivity index (χ1n) is 2.24. The fraction of sp³-hybridized carbons (Fsp3) is 0.500. The minimum atomic E-state index is -2.44. The second kappa shape index (κ2) is 10.5. The number of carbonyl (C=O) groups is 2. The van der Waals surface area contributed by atoms with E-state index in [1.807, 2.05) is 0 Å². The number of aliphatic hydroxyl groups is 2. The Labute approximate surface area is 115 Å². The summed E-state index contributed by atoms with van der Waals surface area (Å²) in [6.45, 7) is 0. The molecule has 2 atom stereocenters. The summed E-state index contributed by atoms with van der Waals surface area (Å²) in [6, 6.07) is 0. The summed E-state index contributed by atoms with van der Waals surface area (Å²) in [5, 5.41) is 35.7. The van der Waals surface area contributed by atoms with Gasteiger partial charge in [0.15, 0.2) is 0 Å². The van der Waals surface area contributed by atoms with Gasteiger partial charge in [0.2, 0.25) is 0 Å². The molecule has 0 saturated heterocycles. The molecule has 0 saturated carbocycles. The Kier molecular flexibility index (Phi) is 18.8. The van der Waals surface area contributed by atoms with Crippen LogP contribution in [0.3, 0.4) is 0 Å². The van der Waals surface area contributed by atoms with Crippen LogP contribution in [0.4, 0.5) is 0 Å². The SMILES string of the molecule is O.O.O=C([O-])C(O)C(O)C(=O)[O-].[K+]. The van der Waals surface area contributed by atoms with Gasteiger partial charge in [-0.2, -0.15) is 0 Å². The molecule has 0 rings (SSSR count). The average molecular weight is 223 g/mol. The van der Waals surface area contributed by atoms with Gasteiger partial charge in [-0.05, 0) is 0 Å². The first-order chi connectivity index (χ1) is 4.46. The Morgan fingerprint density at radius 3 is 1.15 bits per heavy atom.